The van der Waals surface area contributed by atoms with Crippen molar-refractivity contribution in [1.82, 2.24) is 0 Å². The Labute approximate surface area is 119 Å². The third kappa shape index (κ3) is 4.80. The molecule has 0 saturated carbocycles. The van der Waals surface area contributed by atoms with Gasteiger partial charge in [0.15, 0.2) is 0 Å². The third-order valence-electron chi connectivity index (χ3n) is 4.01. The molecule has 106 valence electrons. The molecule has 0 aliphatic carbocycles. The van der Waals surface area contributed by atoms with Gasteiger partial charge in [0, 0.05) is 6.16 Å². The molecule has 1 heterocycles. The fourth-order valence-electron chi connectivity index (χ4n) is 2.84. The maximum atomic E-state index is 6.06. The van der Waals surface area contributed by atoms with Gasteiger partial charge in [0.2, 0.25) is 0 Å². The molecule has 0 bridgehead atoms. The predicted octanol–water partition coefficient (Wildman–Crippen LogP) is 5.13. The number of benzene rings is 1. The molecule has 2 heteroatoms. The fraction of sp³-hybridized carbons (Fsp3) is 0.647. The Bertz CT molecular complexity index is 361. The first kappa shape index (κ1) is 14.9. The first-order chi connectivity index (χ1) is 9.27. The maximum absolute atomic E-state index is 6.06. The van der Waals surface area contributed by atoms with E-state index in [-0.39, 0.29) is 7.92 Å². The van der Waals surface area contributed by atoms with Crippen LogP contribution < -0.4 is 4.74 Å². The van der Waals surface area contributed by atoms with E-state index < -0.39 is 0 Å². The largest absolute Gasteiger partial charge is 0.493 e. The van der Waals surface area contributed by atoms with Crippen LogP contribution in [0.15, 0.2) is 18.2 Å². The Hall–Kier alpha value is -0.550. The van der Waals surface area contributed by atoms with Crippen molar-refractivity contribution in [2.75, 3.05) is 25.1 Å². The van der Waals surface area contributed by atoms with Gasteiger partial charge >= 0.3 is 0 Å². The van der Waals surface area contributed by atoms with Crippen LogP contribution in [0.2, 0.25) is 0 Å². The molecule has 0 N–H and O–H groups in total. The van der Waals surface area contributed by atoms with E-state index in [1.165, 1.54) is 61.7 Å². The molecule has 1 aromatic carbocycles. The molecule has 0 aromatic heterocycles. The van der Waals surface area contributed by atoms with Crippen molar-refractivity contribution in [1.29, 1.82) is 0 Å². The molecular formula is C17H27OP. The van der Waals surface area contributed by atoms with Crippen LogP contribution >= 0.6 is 7.92 Å². The Balaban J connectivity index is 1.79. The Morgan fingerprint density at radius 3 is 2.16 bits per heavy atom. The van der Waals surface area contributed by atoms with Crippen molar-refractivity contribution < 1.29 is 4.74 Å². The van der Waals surface area contributed by atoms with E-state index in [2.05, 4.69) is 32.0 Å². The summed E-state index contributed by atoms with van der Waals surface area (Å²) in [6, 6.07) is 6.39. The van der Waals surface area contributed by atoms with Gasteiger partial charge in [0.1, 0.15) is 5.75 Å². The monoisotopic (exact) mass is 278 g/mol. The van der Waals surface area contributed by atoms with Gasteiger partial charge in [-0.2, -0.15) is 0 Å². The molecule has 2 rings (SSSR count). The minimum Gasteiger partial charge on any atom is -0.493 e. The van der Waals surface area contributed by atoms with Crippen molar-refractivity contribution in [3.8, 4) is 5.75 Å². The normalized spacial score (nSPS) is 17.8. The summed E-state index contributed by atoms with van der Waals surface area (Å²) < 4.78 is 6.06. The molecule has 0 radical (unpaired) electrons. The van der Waals surface area contributed by atoms with Gasteiger partial charge in [0.25, 0.3) is 0 Å². The molecule has 0 amide bonds. The Kier molecular flexibility index (Phi) is 6.17. The smallest absolute Gasteiger partial charge is 0.125 e. The highest BCUT2D eigenvalue weighted by Gasteiger charge is 2.11. The SMILES string of the molecule is Cc1cccc(C)c1OCCP1CCCCCCC1. The highest BCUT2D eigenvalue weighted by molar-refractivity contribution is 7.57. The molecular weight excluding hydrogens is 251 g/mol. The molecule has 0 spiro atoms. The molecule has 1 nitrogen and oxygen atoms in total. The van der Waals surface area contributed by atoms with Gasteiger partial charge in [-0.1, -0.05) is 37.5 Å². The van der Waals surface area contributed by atoms with Crippen LogP contribution in [0.5, 0.6) is 5.75 Å². The lowest BCUT2D eigenvalue weighted by Crippen LogP contribution is -2.08. The van der Waals surface area contributed by atoms with Gasteiger partial charge in [-0.3, -0.25) is 0 Å². The van der Waals surface area contributed by atoms with E-state index in [1.807, 2.05) is 0 Å². The van der Waals surface area contributed by atoms with Gasteiger partial charge in [0.05, 0.1) is 6.61 Å². The van der Waals surface area contributed by atoms with E-state index in [1.54, 1.807) is 0 Å². The van der Waals surface area contributed by atoms with Crippen LogP contribution in [0, 0.1) is 13.8 Å². The summed E-state index contributed by atoms with van der Waals surface area (Å²) in [6.45, 7) is 5.20. The van der Waals surface area contributed by atoms with E-state index in [0.29, 0.717) is 0 Å². The Morgan fingerprint density at radius 1 is 0.947 bits per heavy atom. The van der Waals surface area contributed by atoms with Crippen LogP contribution in [0.4, 0.5) is 0 Å². The van der Waals surface area contributed by atoms with E-state index >= 15 is 0 Å². The predicted molar refractivity (Wildman–Crippen MR) is 86.0 cm³/mol. The van der Waals surface area contributed by atoms with E-state index in [4.69, 9.17) is 4.74 Å². The van der Waals surface area contributed by atoms with Gasteiger partial charge < -0.3 is 4.74 Å². The van der Waals surface area contributed by atoms with Crippen molar-refractivity contribution >= 4 is 7.92 Å². The van der Waals surface area contributed by atoms with Crippen molar-refractivity contribution in [2.24, 2.45) is 0 Å². The van der Waals surface area contributed by atoms with Gasteiger partial charge in [-0.05, 0) is 50.1 Å². The average molecular weight is 278 g/mol. The standard InChI is InChI=1S/C17H27OP/c1-15-9-8-10-16(2)17(15)18-11-14-19-12-6-4-3-5-7-13-19/h8-10H,3-7,11-14H2,1-2H3. The molecule has 0 atom stereocenters. The zero-order valence-corrected chi connectivity index (χ0v) is 13.3. The number of rotatable bonds is 4. The molecule has 1 saturated heterocycles. The lowest BCUT2D eigenvalue weighted by atomic mass is 10.1. The summed E-state index contributed by atoms with van der Waals surface area (Å²) in [5, 5.41) is 0. The minimum atomic E-state index is 0.244. The van der Waals surface area contributed by atoms with Crippen LogP contribution in [-0.2, 0) is 0 Å². The van der Waals surface area contributed by atoms with Crippen molar-refractivity contribution in [2.45, 2.75) is 46.0 Å². The third-order valence-corrected chi connectivity index (χ3v) is 6.72. The minimum absolute atomic E-state index is 0.244. The fourth-order valence-corrected chi connectivity index (χ4v) is 5.20. The molecule has 19 heavy (non-hydrogen) atoms. The average Bonchev–Trinajstić information content (AvgIpc) is 2.35. The summed E-state index contributed by atoms with van der Waals surface area (Å²) in [5.74, 6) is 1.12. The highest BCUT2D eigenvalue weighted by Crippen LogP contribution is 2.39. The molecule has 1 aliphatic rings. The first-order valence-electron chi connectivity index (χ1n) is 7.69. The van der Waals surface area contributed by atoms with Gasteiger partial charge in [-0.15, -0.1) is 7.92 Å². The summed E-state index contributed by atoms with van der Waals surface area (Å²) in [6.07, 6.45) is 11.5. The topological polar surface area (TPSA) is 9.23 Å². The molecule has 1 aliphatic heterocycles. The van der Waals surface area contributed by atoms with Crippen LogP contribution in [0.25, 0.3) is 0 Å². The zero-order valence-electron chi connectivity index (χ0n) is 12.5. The molecule has 1 aromatic rings. The summed E-state index contributed by atoms with van der Waals surface area (Å²) in [7, 11) is 0.244. The zero-order chi connectivity index (χ0) is 13.5. The van der Waals surface area contributed by atoms with E-state index in [0.717, 1.165) is 12.4 Å². The second-order valence-corrected chi connectivity index (χ2v) is 8.36. The van der Waals surface area contributed by atoms with Crippen molar-refractivity contribution in [3.63, 3.8) is 0 Å². The number of hydrogen-bond acceptors (Lipinski definition) is 1. The van der Waals surface area contributed by atoms with Crippen molar-refractivity contribution in [3.05, 3.63) is 29.3 Å². The number of ether oxygens (including phenoxy) is 1. The summed E-state index contributed by atoms with van der Waals surface area (Å²) in [5.41, 5.74) is 2.54. The maximum Gasteiger partial charge on any atom is 0.125 e. The lowest BCUT2D eigenvalue weighted by molar-refractivity contribution is 0.338. The number of para-hydroxylation sites is 1. The molecule has 0 unspecified atom stereocenters. The molecule has 1 fully saturated rings. The second kappa shape index (κ2) is 7.90. The summed E-state index contributed by atoms with van der Waals surface area (Å²) in [4.78, 5) is 0. The highest BCUT2D eigenvalue weighted by atomic mass is 31.1. The summed E-state index contributed by atoms with van der Waals surface area (Å²) >= 11 is 0. The lowest BCUT2D eigenvalue weighted by Gasteiger charge is -2.21. The number of aryl methyl sites for hydroxylation is 2. The number of hydrogen-bond donors (Lipinski definition) is 0. The van der Waals surface area contributed by atoms with Crippen LogP contribution in [-0.4, -0.2) is 25.1 Å². The first-order valence-corrected chi connectivity index (χ1v) is 9.58. The van der Waals surface area contributed by atoms with E-state index in [9.17, 15) is 0 Å². The van der Waals surface area contributed by atoms with Crippen LogP contribution in [0.1, 0.15) is 43.2 Å². The quantitative estimate of drug-likeness (QED) is 0.694. The van der Waals surface area contributed by atoms with Gasteiger partial charge in [-0.25, -0.2) is 0 Å². The van der Waals surface area contributed by atoms with Crippen LogP contribution in [0.3, 0.4) is 0 Å². The Morgan fingerprint density at radius 2 is 1.53 bits per heavy atom. The second-order valence-electron chi connectivity index (χ2n) is 5.68.